The summed E-state index contributed by atoms with van der Waals surface area (Å²) in [6, 6.07) is 0. The average molecular weight is 230 g/mol. The van der Waals surface area contributed by atoms with Crippen molar-refractivity contribution in [3.63, 3.8) is 0 Å². The molecule has 0 N–H and O–H groups in total. The summed E-state index contributed by atoms with van der Waals surface area (Å²) in [7, 11) is 0. The summed E-state index contributed by atoms with van der Waals surface area (Å²) in [4.78, 5) is 10.6. The van der Waals surface area contributed by atoms with E-state index in [1.807, 2.05) is 0 Å². The number of hydrogen-bond acceptors (Lipinski definition) is 4. The Hall–Kier alpha value is -0.870. The predicted molar refractivity (Wildman–Crippen MR) is 62.3 cm³/mol. The van der Waals surface area contributed by atoms with Gasteiger partial charge in [0.2, 0.25) is 0 Å². The third-order valence-electron chi connectivity index (χ3n) is 2.05. The van der Waals surface area contributed by atoms with Crippen LogP contribution in [0.25, 0.3) is 0 Å². The second-order valence-electron chi connectivity index (χ2n) is 3.43. The molecular formula is C12H22O4. The molecule has 4 heteroatoms. The molecule has 0 saturated carbocycles. The van der Waals surface area contributed by atoms with E-state index in [1.165, 1.54) is 0 Å². The van der Waals surface area contributed by atoms with Gasteiger partial charge in [-0.15, -0.1) is 0 Å². The summed E-state index contributed by atoms with van der Waals surface area (Å²) < 4.78 is 15.5. The topological polar surface area (TPSA) is 44.8 Å². The summed E-state index contributed by atoms with van der Waals surface area (Å²) in [5.74, 6) is -0.413. The molecule has 0 radical (unpaired) electrons. The molecule has 0 bridgehead atoms. The maximum atomic E-state index is 10.6. The van der Waals surface area contributed by atoms with Crippen LogP contribution >= 0.6 is 0 Å². The Kier molecular flexibility index (Phi) is 10.1. The van der Waals surface area contributed by atoms with Crippen LogP contribution in [0.5, 0.6) is 0 Å². The van der Waals surface area contributed by atoms with Crippen LogP contribution in [0.15, 0.2) is 12.7 Å². The quantitative estimate of drug-likeness (QED) is 0.327. The molecule has 16 heavy (non-hydrogen) atoms. The molecule has 4 nitrogen and oxygen atoms in total. The molecule has 0 fully saturated rings. The zero-order valence-corrected chi connectivity index (χ0v) is 10.2. The third kappa shape index (κ3) is 9.68. The number of ether oxygens (including phenoxy) is 3. The first kappa shape index (κ1) is 15.1. The highest BCUT2D eigenvalue weighted by Crippen LogP contribution is 1.96. The molecule has 0 saturated heterocycles. The monoisotopic (exact) mass is 230 g/mol. The lowest BCUT2D eigenvalue weighted by atomic mass is 10.3. The zero-order valence-electron chi connectivity index (χ0n) is 10.2. The molecule has 0 heterocycles. The van der Waals surface area contributed by atoms with Gasteiger partial charge in [-0.05, 0) is 19.8 Å². The van der Waals surface area contributed by atoms with E-state index < -0.39 is 5.97 Å². The fourth-order valence-corrected chi connectivity index (χ4v) is 0.926. The molecule has 1 atom stereocenters. The molecule has 0 aliphatic heterocycles. The molecule has 1 unspecified atom stereocenters. The first-order valence-corrected chi connectivity index (χ1v) is 5.69. The van der Waals surface area contributed by atoms with Gasteiger partial charge in [0, 0.05) is 19.3 Å². The molecule has 0 amide bonds. The van der Waals surface area contributed by atoms with Crippen LogP contribution in [0.4, 0.5) is 0 Å². The Labute approximate surface area is 97.6 Å². The summed E-state index contributed by atoms with van der Waals surface area (Å²) in [6.07, 6.45) is 3.34. The van der Waals surface area contributed by atoms with Crippen molar-refractivity contribution in [2.45, 2.75) is 32.8 Å². The van der Waals surface area contributed by atoms with Gasteiger partial charge in [-0.1, -0.05) is 13.5 Å². The maximum absolute atomic E-state index is 10.6. The van der Waals surface area contributed by atoms with Gasteiger partial charge < -0.3 is 14.2 Å². The average Bonchev–Trinajstić information content (AvgIpc) is 2.31. The van der Waals surface area contributed by atoms with Crippen LogP contribution in [0, 0.1) is 0 Å². The Morgan fingerprint density at radius 3 is 2.69 bits per heavy atom. The summed E-state index contributed by atoms with van der Waals surface area (Å²) in [5, 5.41) is 0. The summed E-state index contributed by atoms with van der Waals surface area (Å²) >= 11 is 0. The number of hydrogen-bond donors (Lipinski definition) is 0. The van der Waals surface area contributed by atoms with Crippen LogP contribution < -0.4 is 0 Å². The van der Waals surface area contributed by atoms with Crippen molar-refractivity contribution in [2.75, 3.05) is 26.4 Å². The van der Waals surface area contributed by atoms with Crippen molar-refractivity contribution in [3.05, 3.63) is 12.7 Å². The SMILES string of the molecule is C=CC(=O)OCCOCCCOC(C)CC. The van der Waals surface area contributed by atoms with E-state index in [9.17, 15) is 4.79 Å². The van der Waals surface area contributed by atoms with Crippen molar-refractivity contribution >= 4 is 5.97 Å². The van der Waals surface area contributed by atoms with E-state index in [4.69, 9.17) is 14.2 Å². The Balaban J connectivity index is 3.10. The van der Waals surface area contributed by atoms with E-state index in [0.29, 0.717) is 25.9 Å². The van der Waals surface area contributed by atoms with E-state index in [-0.39, 0.29) is 6.61 Å². The zero-order chi connectivity index (χ0) is 12.2. The highest BCUT2D eigenvalue weighted by Gasteiger charge is 1.98. The Morgan fingerprint density at radius 2 is 2.06 bits per heavy atom. The first-order valence-electron chi connectivity index (χ1n) is 5.69. The Bertz CT molecular complexity index is 191. The fraction of sp³-hybridized carbons (Fsp3) is 0.750. The molecule has 0 rings (SSSR count). The van der Waals surface area contributed by atoms with Crippen molar-refractivity contribution < 1.29 is 19.0 Å². The standard InChI is InChI=1S/C12H22O4/c1-4-11(3)15-8-6-7-14-9-10-16-12(13)5-2/h5,11H,2,4,6-10H2,1,3H3. The van der Waals surface area contributed by atoms with Crippen LogP contribution in [-0.2, 0) is 19.0 Å². The van der Waals surface area contributed by atoms with Crippen molar-refractivity contribution in [1.29, 1.82) is 0 Å². The van der Waals surface area contributed by atoms with E-state index in [1.54, 1.807) is 0 Å². The lowest BCUT2D eigenvalue weighted by Gasteiger charge is -2.10. The smallest absolute Gasteiger partial charge is 0.330 e. The van der Waals surface area contributed by atoms with Crippen molar-refractivity contribution in [2.24, 2.45) is 0 Å². The molecule has 0 aliphatic rings. The third-order valence-corrected chi connectivity index (χ3v) is 2.05. The molecular weight excluding hydrogens is 208 g/mol. The van der Waals surface area contributed by atoms with Crippen LogP contribution in [-0.4, -0.2) is 38.5 Å². The number of rotatable bonds is 10. The lowest BCUT2D eigenvalue weighted by molar-refractivity contribution is -0.139. The highest BCUT2D eigenvalue weighted by atomic mass is 16.6. The minimum atomic E-state index is -0.413. The van der Waals surface area contributed by atoms with Gasteiger partial charge in [0.1, 0.15) is 6.61 Å². The van der Waals surface area contributed by atoms with Gasteiger partial charge in [0.25, 0.3) is 0 Å². The van der Waals surface area contributed by atoms with Crippen molar-refractivity contribution in [3.8, 4) is 0 Å². The molecule has 0 aromatic rings. The maximum Gasteiger partial charge on any atom is 0.330 e. The summed E-state index contributed by atoms with van der Waals surface area (Å²) in [6.45, 7) is 9.47. The van der Waals surface area contributed by atoms with Crippen molar-refractivity contribution in [1.82, 2.24) is 0 Å². The fourth-order valence-electron chi connectivity index (χ4n) is 0.926. The molecule has 0 aliphatic carbocycles. The number of esters is 1. The van der Waals surface area contributed by atoms with Crippen LogP contribution in [0.2, 0.25) is 0 Å². The molecule has 0 spiro atoms. The largest absolute Gasteiger partial charge is 0.460 e. The second kappa shape index (κ2) is 10.6. The van der Waals surface area contributed by atoms with Gasteiger partial charge in [0.05, 0.1) is 12.7 Å². The van der Waals surface area contributed by atoms with E-state index in [2.05, 4.69) is 20.4 Å². The van der Waals surface area contributed by atoms with Crippen LogP contribution in [0.1, 0.15) is 26.7 Å². The first-order chi connectivity index (χ1) is 7.70. The minimum Gasteiger partial charge on any atom is -0.460 e. The number of carbonyl (C=O) groups is 1. The minimum absolute atomic E-state index is 0.275. The van der Waals surface area contributed by atoms with Crippen LogP contribution in [0.3, 0.4) is 0 Å². The van der Waals surface area contributed by atoms with Gasteiger partial charge in [-0.25, -0.2) is 4.79 Å². The summed E-state index contributed by atoms with van der Waals surface area (Å²) in [5.41, 5.74) is 0. The lowest BCUT2D eigenvalue weighted by Crippen LogP contribution is -2.12. The van der Waals surface area contributed by atoms with Gasteiger partial charge in [-0.2, -0.15) is 0 Å². The van der Waals surface area contributed by atoms with Gasteiger partial charge in [0.15, 0.2) is 0 Å². The van der Waals surface area contributed by atoms with Gasteiger partial charge >= 0.3 is 5.97 Å². The van der Waals surface area contributed by atoms with Gasteiger partial charge in [-0.3, -0.25) is 0 Å². The molecule has 0 aromatic carbocycles. The Morgan fingerprint density at radius 1 is 1.31 bits per heavy atom. The molecule has 0 aromatic heterocycles. The predicted octanol–water partition coefficient (Wildman–Crippen LogP) is 1.94. The normalized spacial score (nSPS) is 12.1. The van der Waals surface area contributed by atoms with E-state index >= 15 is 0 Å². The van der Waals surface area contributed by atoms with E-state index in [0.717, 1.165) is 18.9 Å². The highest BCUT2D eigenvalue weighted by molar-refractivity contribution is 5.81. The second-order valence-corrected chi connectivity index (χ2v) is 3.43. The number of carbonyl (C=O) groups excluding carboxylic acids is 1. The molecule has 94 valence electrons.